The molecule has 0 spiro atoms. The van der Waals surface area contributed by atoms with E-state index in [0.29, 0.717) is 6.54 Å². The van der Waals surface area contributed by atoms with Crippen molar-refractivity contribution in [2.45, 2.75) is 6.54 Å². The molecule has 2 aliphatic heterocycles. The summed E-state index contributed by atoms with van der Waals surface area (Å²) >= 11 is 0. The first-order chi connectivity index (χ1) is 8.43. The minimum Gasteiger partial charge on any atom is -0.467 e. The number of furan rings is 1. The van der Waals surface area contributed by atoms with Gasteiger partial charge >= 0.3 is 0 Å². The quantitative estimate of drug-likeness (QED) is 0.758. The topological polar surface area (TPSA) is 65.2 Å². The van der Waals surface area contributed by atoms with Gasteiger partial charge in [-0.1, -0.05) is 0 Å². The van der Waals surface area contributed by atoms with Crippen molar-refractivity contribution in [3.8, 4) is 0 Å². The van der Waals surface area contributed by atoms with Crippen molar-refractivity contribution in [2.24, 2.45) is 9.98 Å². The number of guanidine groups is 2. The largest absolute Gasteiger partial charge is 0.467 e. The molecule has 0 aromatic carbocycles. The average Bonchev–Trinajstić information content (AvgIpc) is 3.09. The number of halogens is 1. The molecule has 7 heteroatoms. The number of nitrogens with zero attached hydrogens (tertiary/aromatic N) is 3. The SMILES string of the molecule is I.c1coc(CNC2=NCCN2C2=NCCN2)c1. The van der Waals surface area contributed by atoms with Crippen LogP contribution in [0.15, 0.2) is 32.8 Å². The molecule has 3 rings (SSSR count). The highest BCUT2D eigenvalue weighted by atomic mass is 127. The number of rotatable bonds is 2. The molecule has 18 heavy (non-hydrogen) atoms. The van der Waals surface area contributed by atoms with Gasteiger partial charge in [-0.3, -0.25) is 14.9 Å². The van der Waals surface area contributed by atoms with Crippen LogP contribution in [0.5, 0.6) is 0 Å². The smallest absolute Gasteiger partial charge is 0.201 e. The molecule has 1 aromatic rings. The second-order valence-electron chi connectivity index (χ2n) is 3.92. The van der Waals surface area contributed by atoms with Gasteiger partial charge in [-0.25, -0.2) is 0 Å². The summed E-state index contributed by atoms with van der Waals surface area (Å²) in [6.07, 6.45) is 1.67. The maximum atomic E-state index is 5.27. The summed E-state index contributed by atoms with van der Waals surface area (Å²) < 4.78 is 5.27. The van der Waals surface area contributed by atoms with Crippen LogP contribution >= 0.6 is 24.0 Å². The van der Waals surface area contributed by atoms with Gasteiger partial charge in [-0.15, -0.1) is 24.0 Å². The predicted octanol–water partition coefficient (Wildman–Crippen LogP) is 0.618. The van der Waals surface area contributed by atoms with E-state index in [4.69, 9.17) is 4.42 Å². The van der Waals surface area contributed by atoms with Crippen LogP contribution < -0.4 is 10.6 Å². The predicted molar refractivity (Wildman–Crippen MR) is 80.3 cm³/mol. The van der Waals surface area contributed by atoms with Gasteiger partial charge in [0.1, 0.15) is 5.76 Å². The summed E-state index contributed by atoms with van der Waals surface area (Å²) in [5, 5.41) is 6.53. The molecule has 3 heterocycles. The lowest BCUT2D eigenvalue weighted by Gasteiger charge is -2.20. The molecule has 0 saturated heterocycles. The summed E-state index contributed by atoms with van der Waals surface area (Å²) in [5.41, 5.74) is 0. The molecule has 6 nitrogen and oxygen atoms in total. The summed E-state index contributed by atoms with van der Waals surface area (Å²) in [7, 11) is 0. The zero-order chi connectivity index (χ0) is 11.5. The van der Waals surface area contributed by atoms with Gasteiger partial charge in [0.25, 0.3) is 0 Å². The van der Waals surface area contributed by atoms with Gasteiger partial charge in [0.15, 0.2) is 0 Å². The molecule has 0 radical (unpaired) electrons. The van der Waals surface area contributed by atoms with E-state index in [9.17, 15) is 0 Å². The van der Waals surface area contributed by atoms with E-state index in [2.05, 4.69) is 25.5 Å². The Bertz CT molecular complexity index is 442. The second-order valence-corrected chi connectivity index (χ2v) is 3.92. The highest BCUT2D eigenvalue weighted by Crippen LogP contribution is 2.05. The third-order valence-corrected chi connectivity index (χ3v) is 2.75. The zero-order valence-corrected chi connectivity index (χ0v) is 12.3. The van der Waals surface area contributed by atoms with Crippen LogP contribution in [0.3, 0.4) is 0 Å². The minimum absolute atomic E-state index is 0. The lowest BCUT2D eigenvalue weighted by atomic mass is 10.4. The van der Waals surface area contributed by atoms with Crippen LogP contribution in [-0.4, -0.2) is 43.0 Å². The van der Waals surface area contributed by atoms with Crippen LogP contribution in [-0.2, 0) is 6.54 Å². The Hall–Kier alpha value is -1.25. The fourth-order valence-corrected chi connectivity index (χ4v) is 1.95. The Balaban J connectivity index is 0.00000120. The van der Waals surface area contributed by atoms with Crippen molar-refractivity contribution in [1.29, 1.82) is 0 Å². The Kier molecular flexibility index (Phi) is 4.45. The zero-order valence-electron chi connectivity index (χ0n) is 9.93. The van der Waals surface area contributed by atoms with Crippen LogP contribution in [0.25, 0.3) is 0 Å². The highest BCUT2D eigenvalue weighted by molar-refractivity contribution is 14.0. The van der Waals surface area contributed by atoms with E-state index in [-0.39, 0.29) is 24.0 Å². The Morgan fingerprint density at radius 1 is 1.39 bits per heavy atom. The van der Waals surface area contributed by atoms with Gasteiger partial charge < -0.3 is 15.1 Å². The molecule has 0 bridgehead atoms. The standard InChI is InChI=1S/C11H15N5O.HI/c1-2-9(17-7-1)8-15-11-14-5-6-16(11)10-12-3-4-13-10;/h1-2,7H,3-6,8H2,(H,12,13)(H,14,15);1H. The first kappa shape index (κ1) is 13.2. The van der Waals surface area contributed by atoms with Crippen LogP contribution in [0.4, 0.5) is 0 Å². The molecule has 0 saturated carbocycles. The summed E-state index contributed by atoms with van der Waals surface area (Å²) in [5.74, 6) is 2.70. The summed E-state index contributed by atoms with van der Waals surface area (Å²) in [6, 6.07) is 3.83. The van der Waals surface area contributed by atoms with Gasteiger partial charge in [0, 0.05) is 13.1 Å². The normalized spacial score (nSPS) is 17.9. The van der Waals surface area contributed by atoms with Crippen molar-refractivity contribution in [2.75, 3.05) is 26.2 Å². The van der Waals surface area contributed by atoms with E-state index in [1.165, 1.54) is 0 Å². The van der Waals surface area contributed by atoms with Crippen molar-refractivity contribution in [3.05, 3.63) is 24.2 Å². The van der Waals surface area contributed by atoms with E-state index in [1.54, 1.807) is 6.26 Å². The van der Waals surface area contributed by atoms with Crippen LogP contribution in [0, 0.1) is 0 Å². The molecule has 98 valence electrons. The number of aliphatic imine (C=N–C) groups is 2. The Labute approximate surface area is 123 Å². The molecule has 0 fully saturated rings. The molecule has 2 N–H and O–H groups in total. The second kappa shape index (κ2) is 6.07. The van der Waals surface area contributed by atoms with Crippen molar-refractivity contribution < 1.29 is 4.42 Å². The Morgan fingerprint density at radius 3 is 3.06 bits per heavy atom. The number of hydrogen-bond acceptors (Lipinski definition) is 6. The Morgan fingerprint density at radius 2 is 2.33 bits per heavy atom. The van der Waals surface area contributed by atoms with Crippen LogP contribution in [0.2, 0.25) is 0 Å². The summed E-state index contributed by atoms with van der Waals surface area (Å²) in [6.45, 7) is 4.09. The third kappa shape index (κ3) is 2.77. The fourth-order valence-electron chi connectivity index (χ4n) is 1.95. The molecule has 0 amide bonds. The van der Waals surface area contributed by atoms with Crippen LogP contribution in [0.1, 0.15) is 5.76 Å². The fraction of sp³-hybridized carbons (Fsp3) is 0.455. The van der Waals surface area contributed by atoms with Crippen molar-refractivity contribution in [1.82, 2.24) is 15.5 Å². The minimum atomic E-state index is 0. The number of hydrogen-bond donors (Lipinski definition) is 2. The van der Waals surface area contributed by atoms with E-state index >= 15 is 0 Å². The molecular weight excluding hydrogens is 345 g/mol. The van der Waals surface area contributed by atoms with E-state index in [1.807, 2.05) is 12.1 Å². The average molecular weight is 361 g/mol. The molecule has 0 atom stereocenters. The summed E-state index contributed by atoms with van der Waals surface area (Å²) in [4.78, 5) is 10.9. The maximum Gasteiger partial charge on any atom is 0.201 e. The molecule has 2 aliphatic rings. The number of nitrogens with one attached hydrogen (secondary N) is 2. The lowest BCUT2D eigenvalue weighted by Crippen LogP contribution is -2.46. The van der Waals surface area contributed by atoms with Gasteiger partial charge in [-0.05, 0) is 12.1 Å². The molecule has 0 aliphatic carbocycles. The third-order valence-electron chi connectivity index (χ3n) is 2.75. The van der Waals surface area contributed by atoms with Crippen molar-refractivity contribution >= 4 is 35.9 Å². The monoisotopic (exact) mass is 361 g/mol. The highest BCUT2D eigenvalue weighted by Gasteiger charge is 2.23. The molecule has 0 unspecified atom stereocenters. The first-order valence-electron chi connectivity index (χ1n) is 5.80. The van der Waals surface area contributed by atoms with Gasteiger partial charge in [0.2, 0.25) is 11.9 Å². The van der Waals surface area contributed by atoms with E-state index in [0.717, 1.165) is 43.9 Å². The van der Waals surface area contributed by atoms with E-state index < -0.39 is 0 Å². The lowest BCUT2D eigenvalue weighted by molar-refractivity contribution is 0.497. The first-order valence-corrected chi connectivity index (χ1v) is 5.80. The molecule has 1 aromatic heterocycles. The van der Waals surface area contributed by atoms with Crippen molar-refractivity contribution in [3.63, 3.8) is 0 Å². The van der Waals surface area contributed by atoms with Gasteiger partial charge in [-0.2, -0.15) is 0 Å². The molecular formula is C11H16IN5O. The maximum absolute atomic E-state index is 5.27. The van der Waals surface area contributed by atoms with Gasteiger partial charge in [0.05, 0.1) is 25.9 Å².